The van der Waals surface area contributed by atoms with Crippen LogP contribution in [0.3, 0.4) is 0 Å². The fraction of sp³-hybridized carbons (Fsp3) is 0.857. The molecule has 108 valence electrons. The fourth-order valence-electron chi connectivity index (χ4n) is 2.89. The van der Waals surface area contributed by atoms with Gasteiger partial charge in [0, 0.05) is 45.1 Å². The van der Waals surface area contributed by atoms with Gasteiger partial charge in [0.15, 0.2) is 0 Å². The van der Waals surface area contributed by atoms with E-state index in [9.17, 15) is 9.59 Å². The van der Waals surface area contributed by atoms with Gasteiger partial charge in [-0.1, -0.05) is 0 Å². The van der Waals surface area contributed by atoms with Crippen molar-refractivity contribution in [3.63, 3.8) is 0 Å². The molecule has 5 heteroatoms. The number of Topliss-reactive ketones (excluding diaryl/α,β-unsaturated/α-hetero) is 1. The number of rotatable bonds is 3. The first-order valence-electron chi connectivity index (χ1n) is 7.24. The minimum atomic E-state index is 0.191. The van der Waals surface area contributed by atoms with Crippen molar-refractivity contribution in [3.05, 3.63) is 0 Å². The second kappa shape index (κ2) is 6.48. The third kappa shape index (κ3) is 4.01. The number of amides is 1. The summed E-state index contributed by atoms with van der Waals surface area (Å²) in [5.41, 5.74) is 0. The quantitative estimate of drug-likeness (QED) is 0.733. The van der Waals surface area contributed by atoms with Crippen LogP contribution in [0.4, 0.5) is 0 Å². The van der Waals surface area contributed by atoms with E-state index < -0.39 is 0 Å². The second-order valence-corrected chi connectivity index (χ2v) is 5.89. The maximum absolute atomic E-state index is 12.2. The maximum Gasteiger partial charge on any atom is 0.236 e. The summed E-state index contributed by atoms with van der Waals surface area (Å²) in [6.45, 7) is 3.76. The first-order valence-corrected chi connectivity index (χ1v) is 7.24. The van der Waals surface area contributed by atoms with Gasteiger partial charge in [0.1, 0.15) is 5.78 Å². The van der Waals surface area contributed by atoms with E-state index >= 15 is 0 Å². The summed E-state index contributed by atoms with van der Waals surface area (Å²) in [4.78, 5) is 29.7. The Hall–Kier alpha value is -0.940. The molecule has 2 fully saturated rings. The van der Waals surface area contributed by atoms with Gasteiger partial charge in [-0.15, -0.1) is 0 Å². The molecule has 0 spiro atoms. The van der Waals surface area contributed by atoms with Gasteiger partial charge in [0.2, 0.25) is 5.91 Å². The highest BCUT2D eigenvalue weighted by molar-refractivity contribution is 5.84. The average molecular weight is 267 g/mol. The van der Waals surface area contributed by atoms with Gasteiger partial charge < -0.3 is 9.80 Å². The van der Waals surface area contributed by atoms with Crippen molar-refractivity contribution in [1.29, 1.82) is 0 Å². The van der Waals surface area contributed by atoms with Crippen LogP contribution < -0.4 is 0 Å². The van der Waals surface area contributed by atoms with Gasteiger partial charge in [0.25, 0.3) is 0 Å². The van der Waals surface area contributed by atoms with Crippen LogP contribution in [0.15, 0.2) is 0 Å². The Morgan fingerprint density at radius 3 is 2.26 bits per heavy atom. The Labute approximate surface area is 115 Å². The normalized spacial score (nSPS) is 23.1. The van der Waals surface area contributed by atoms with E-state index in [1.165, 1.54) is 0 Å². The molecule has 0 aliphatic carbocycles. The van der Waals surface area contributed by atoms with Gasteiger partial charge in [-0.05, 0) is 26.9 Å². The van der Waals surface area contributed by atoms with E-state index in [1.54, 1.807) is 0 Å². The molecule has 0 aromatic rings. The standard InChI is InChI=1S/C14H25N3O2/c1-15(2)12-3-7-16(8-4-12)11-14(19)17-9-5-13(18)6-10-17/h12H,3-11H2,1-2H3. The van der Waals surface area contributed by atoms with Gasteiger partial charge >= 0.3 is 0 Å². The van der Waals surface area contributed by atoms with Crippen LogP contribution in [0.25, 0.3) is 0 Å². The Balaban J connectivity index is 1.73. The Kier molecular flexibility index (Phi) is 4.93. The molecule has 2 aliphatic heterocycles. The van der Waals surface area contributed by atoms with Crippen LogP contribution >= 0.6 is 0 Å². The lowest BCUT2D eigenvalue weighted by Crippen LogP contribution is -2.48. The average Bonchev–Trinajstić information content (AvgIpc) is 2.40. The van der Waals surface area contributed by atoms with Crippen LogP contribution in [-0.2, 0) is 9.59 Å². The zero-order valence-electron chi connectivity index (χ0n) is 12.1. The summed E-state index contributed by atoms with van der Waals surface area (Å²) in [6, 6.07) is 0.652. The lowest BCUT2D eigenvalue weighted by atomic mass is 10.0. The monoisotopic (exact) mass is 267 g/mol. The molecule has 2 aliphatic rings. The first-order chi connectivity index (χ1) is 9.06. The molecule has 2 saturated heterocycles. The SMILES string of the molecule is CN(C)C1CCN(CC(=O)N2CCC(=O)CC2)CC1. The van der Waals surface area contributed by atoms with Crippen LogP contribution in [0.2, 0.25) is 0 Å². The van der Waals surface area contributed by atoms with E-state index in [4.69, 9.17) is 0 Å². The number of nitrogens with zero attached hydrogens (tertiary/aromatic N) is 3. The molecule has 0 aromatic carbocycles. The first kappa shape index (κ1) is 14.5. The molecule has 19 heavy (non-hydrogen) atoms. The highest BCUT2D eigenvalue weighted by Crippen LogP contribution is 2.14. The van der Waals surface area contributed by atoms with Crippen molar-refractivity contribution in [2.24, 2.45) is 0 Å². The van der Waals surface area contributed by atoms with Crippen LogP contribution in [0.1, 0.15) is 25.7 Å². The largest absolute Gasteiger partial charge is 0.341 e. The predicted octanol–water partition coefficient (Wildman–Crippen LogP) is 0.204. The molecular formula is C14H25N3O2. The van der Waals surface area contributed by atoms with E-state index in [0.717, 1.165) is 25.9 Å². The van der Waals surface area contributed by atoms with Gasteiger partial charge in [-0.3, -0.25) is 14.5 Å². The molecule has 2 heterocycles. The predicted molar refractivity (Wildman–Crippen MR) is 74.0 cm³/mol. The van der Waals surface area contributed by atoms with Crippen LogP contribution in [-0.4, -0.2) is 79.3 Å². The Morgan fingerprint density at radius 1 is 1.16 bits per heavy atom. The summed E-state index contributed by atoms with van der Waals surface area (Å²) in [6.07, 6.45) is 3.35. The number of hydrogen-bond donors (Lipinski definition) is 0. The number of carbonyl (C=O) groups is 2. The van der Waals surface area contributed by atoms with Crippen molar-refractivity contribution < 1.29 is 9.59 Å². The zero-order chi connectivity index (χ0) is 13.8. The molecule has 0 atom stereocenters. The molecule has 0 bridgehead atoms. The van der Waals surface area contributed by atoms with Crippen LogP contribution in [0, 0.1) is 0 Å². The van der Waals surface area contributed by atoms with E-state index in [0.29, 0.717) is 38.5 Å². The van der Waals surface area contributed by atoms with Crippen molar-refractivity contribution in [1.82, 2.24) is 14.7 Å². The minimum absolute atomic E-state index is 0.191. The molecule has 2 rings (SSSR count). The second-order valence-electron chi connectivity index (χ2n) is 5.89. The summed E-state index contributed by atoms with van der Waals surface area (Å²) >= 11 is 0. The van der Waals surface area contributed by atoms with E-state index in [2.05, 4.69) is 23.9 Å². The summed E-state index contributed by atoms with van der Waals surface area (Å²) < 4.78 is 0. The van der Waals surface area contributed by atoms with Crippen molar-refractivity contribution >= 4 is 11.7 Å². The highest BCUT2D eigenvalue weighted by Gasteiger charge is 2.25. The lowest BCUT2D eigenvalue weighted by molar-refractivity contribution is -0.135. The zero-order valence-corrected chi connectivity index (χ0v) is 12.1. The third-order valence-corrected chi connectivity index (χ3v) is 4.32. The van der Waals surface area contributed by atoms with Crippen molar-refractivity contribution in [2.45, 2.75) is 31.7 Å². The number of piperidine rings is 2. The molecule has 1 amide bonds. The molecule has 0 saturated carbocycles. The number of likely N-dealkylation sites (tertiary alicyclic amines) is 2. The van der Waals surface area contributed by atoms with Gasteiger partial charge in [0.05, 0.1) is 6.54 Å². The van der Waals surface area contributed by atoms with E-state index in [-0.39, 0.29) is 11.7 Å². The smallest absolute Gasteiger partial charge is 0.236 e. The Morgan fingerprint density at radius 2 is 1.74 bits per heavy atom. The number of hydrogen-bond acceptors (Lipinski definition) is 4. The summed E-state index contributed by atoms with van der Waals surface area (Å²) in [5, 5.41) is 0. The van der Waals surface area contributed by atoms with Gasteiger partial charge in [-0.2, -0.15) is 0 Å². The van der Waals surface area contributed by atoms with Gasteiger partial charge in [-0.25, -0.2) is 0 Å². The number of carbonyl (C=O) groups excluding carboxylic acids is 2. The summed E-state index contributed by atoms with van der Waals surface area (Å²) in [5.74, 6) is 0.478. The van der Waals surface area contributed by atoms with Crippen molar-refractivity contribution in [2.75, 3.05) is 46.8 Å². The molecule has 5 nitrogen and oxygen atoms in total. The van der Waals surface area contributed by atoms with Crippen molar-refractivity contribution in [3.8, 4) is 0 Å². The highest BCUT2D eigenvalue weighted by atomic mass is 16.2. The van der Waals surface area contributed by atoms with E-state index in [1.807, 2.05) is 4.90 Å². The molecule has 0 aromatic heterocycles. The summed E-state index contributed by atoms with van der Waals surface area (Å²) in [7, 11) is 4.24. The topological polar surface area (TPSA) is 43.9 Å². The van der Waals surface area contributed by atoms with Crippen LogP contribution in [0.5, 0.6) is 0 Å². The lowest BCUT2D eigenvalue weighted by Gasteiger charge is -2.36. The Bertz CT molecular complexity index is 326. The molecule has 0 radical (unpaired) electrons. The fourth-order valence-corrected chi connectivity index (χ4v) is 2.89. The third-order valence-electron chi connectivity index (χ3n) is 4.32. The molecular weight excluding hydrogens is 242 g/mol. The number of ketones is 1. The minimum Gasteiger partial charge on any atom is -0.341 e. The maximum atomic E-state index is 12.2. The molecule has 0 N–H and O–H groups in total. The molecule has 0 unspecified atom stereocenters.